The van der Waals surface area contributed by atoms with E-state index < -0.39 is 11.8 Å². The van der Waals surface area contributed by atoms with Crippen LogP contribution in [0.15, 0.2) is 18.2 Å². The molecule has 1 atom stereocenters. The standard InChI is InChI=1S/C22H28N4O4/c27-19(14-25-10-3-1-2-7-20(25)28)23-24-22(30)17-12-21(29)26(13-17)18-9-8-15-5-4-6-16(15)11-18/h8-9,11,17H,1-7,10,12-14H2,(H,23,27)(H,24,30)/t17-/m1/s1. The summed E-state index contributed by atoms with van der Waals surface area (Å²) in [6.07, 6.45) is 6.54. The number of hydrazine groups is 1. The number of aryl methyl sites for hydroxylation is 2. The fraction of sp³-hybridized carbons (Fsp3) is 0.545. The molecule has 1 aromatic carbocycles. The number of carbonyl (C=O) groups excluding carboxylic acids is 4. The third-order valence-electron chi connectivity index (χ3n) is 6.22. The van der Waals surface area contributed by atoms with E-state index in [0.717, 1.165) is 44.2 Å². The molecule has 160 valence electrons. The lowest BCUT2D eigenvalue weighted by Crippen LogP contribution is -2.49. The third kappa shape index (κ3) is 4.47. The Hall–Kier alpha value is -2.90. The zero-order chi connectivity index (χ0) is 21.1. The van der Waals surface area contributed by atoms with Crippen molar-refractivity contribution in [2.75, 3.05) is 24.5 Å². The number of rotatable bonds is 4. The smallest absolute Gasteiger partial charge is 0.257 e. The van der Waals surface area contributed by atoms with Crippen molar-refractivity contribution in [1.82, 2.24) is 15.8 Å². The van der Waals surface area contributed by atoms with Crippen LogP contribution in [0.3, 0.4) is 0 Å². The van der Waals surface area contributed by atoms with Crippen molar-refractivity contribution < 1.29 is 19.2 Å². The number of carbonyl (C=O) groups is 4. The summed E-state index contributed by atoms with van der Waals surface area (Å²) < 4.78 is 0. The van der Waals surface area contributed by atoms with Crippen LogP contribution in [0.25, 0.3) is 0 Å². The van der Waals surface area contributed by atoms with Gasteiger partial charge in [0.2, 0.25) is 17.7 Å². The van der Waals surface area contributed by atoms with Gasteiger partial charge in [-0.15, -0.1) is 0 Å². The largest absolute Gasteiger partial charge is 0.333 e. The molecule has 3 aliphatic rings. The van der Waals surface area contributed by atoms with E-state index in [-0.39, 0.29) is 30.7 Å². The van der Waals surface area contributed by atoms with E-state index >= 15 is 0 Å². The first-order chi connectivity index (χ1) is 14.5. The van der Waals surface area contributed by atoms with Crippen molar-refractivity contribution in [1.29, 1.82) is 0 Å². The van der Waals surface area contributed by atoms with Crippen LogP contribution in [-0.4, -0.2) is 48.2 Å². The summed E-state index contributed by atoms with van der Waals surface area (Å²) in [7, 11) is 0. The molecular weight excluding hydrogens is 384 g/mol. The minimum Gasteiger partial charge on any atom is -0.333 e. The third-order valence-corrected chi connectivity index (χ3v) is 6.22. The van der Waals surface area contributed by atoms with Gasteiger partial charge in [-0.3, -0.25) is 30.0 Å². The lowest BCUT2D eigenvalue weighted by molar-refractivity contribution is -0.137. The number of hydrogen-bond donors (Lipinski definition) is 2. The number of nitrogens with zero attached hydrogens (tertiary/aromatic N) is 2. The molecule has 8 nitrogen and oxygen atoms in total. The van der Waals surface area contributed by atoms with Crippen molar-refractivity contribution >= 4 is 29.3 Å². The van der Waals surface area contributed by atoms with E-state index in [1.807, 2.05) is 6.07 Å². The van der Waals surface area contributed by atoms with Crippen LogP contribution < -0.4 is 15.8 Å². The fourth-order valence-corrected chi connectivity index (χ4v) is 4.51. The predicted molar refractivity (Wildman–Crippen MR) is 110 cm³/mol. The molecule has 0 spiro atoms. The average molecular weight is 412 g/mol. The Balaban J connectivity index is 1.28. The Morgan fingerprint density at radius 1 is 0.933 bits per heavy atom. The summed E-state index contributed by atoms with van der Waals surface area (Å²) in [5.41, 5.74) is 8.26. The molecule has 0 saturated carbocycles. The summed E-state index contributed by atoms with van der Waals surface area (Å²) in [6.45, 7) is 0.793. The zero-order valence-corrected chi connectivity index (χ0v) is 17.1. The number of hydrogen-bond acceptors (Lipinski definition) is 4. The van der Waals surface area contributed by atoms with Crippen LogP contribution in [0.1, 0.15) is 49.7 Å². The molecule has 2 fully saturated rings. The molecular formula is C22H28N4O4. The maximum Gasteiger partial charge on any atom is 0.257 e. The van der Waals surface area contributed by atoms with E-state index in [0.29, 0.717) is 19.5 Å². The maximum atomic E-state index is 12.5. The summed E-state index contributed by atoms with van der Waals surface area (Å²) in [5.74, 6) is -1.46. The molecule has 1 aromatic rings. The molecule has 4 rings (SSSR count). The van der Waals surface area contributed by atoms with E-state index in [4.69, 9.17) is 0 Å². The van der Waals surface area contributed by atoms with Crippen LogP contribution >= 0.6 is 0 Å². The van der Waals surface area contributed by atoms with Crippen LogP contribution in [0, 0.1) is 5.92 Å². The van der Waals surface area contributed by atoms with Gasteiger partial charge >= 0.3 is 0 Å². The first-order valence-electron chi connectivity index (χ1n) is 10.8. The molecule has 0 unspecified atom stereocenters. The van der Waals surface area contributed by atoms with Crippen LogP contribution in [-0.2, 0) is 32.0 Å². The van der Waals surface area contributed by atoms with Crippen LogP contribution in [0.5, 0.6) is 0 Å². The summed E-state index contributed by atoms with van der Waals surface area (Å²) >= 11 is 0. The molecule has 4 amide bonds. The number of anilines is 1. The monoisotopic (exact) mass is 412 g/mol. The Morgan fingerprint density at radius 3 is 2.63 bits per heavy atom. The molecule has 8 heteroatoms. The second-order valence-electron chi connectivity index (χ2n) is 8.38. The molecule has 2 aliphatic heterocycles. The van der Waals surface area contributed by atoms with Crippen molar-refractivity contribution in [3.63, 3.8) is 0 Å². The minimum atomic E-state index is -0.522. The van der Waals surface area contributed by atoms with Gasteiger partial charge in [0.05, 0.1) is 5.92 Å². The van der Waals surface area contributed by atoms with Crippen LogP contribution in [0.2, 0.25) is 0 Å². The summed E-state index contributed by atoms with van der Waals surface area (Å²) in [5, 5.41) is 0. The zero-order valence-electron chi connectivity index (χ0n) is 17.1. The van der Waals surface area contributed by atoms with Crippen molar-refractivity contribution in [2.45, 2.75) is 51.4 Å². The minimum absolute atomic E-state index is 0.0274. The highest BCUT2D eigenvalue weighted by atomic mass is 16.2. The maximum absolute atomic E-state index is 12.5. The van der Waals surface area contributed by atoms with Gasteiger partial charge in [-0.25, -0.2) is 0 Å². The van der Waals surface area contributed by atoms with E-state index in [1.165, 1.54) is 16.0 Å². The van der Waals surface area contributed by atoms with Gasteiger partial charge in [-0.2, -0.15) is 0 Å². The molecule has 0 aromatic heterocycles. The Bertz CT molecular complexity index is 869. The van der Waals surface area contributed by atoms with Gasteiger partial charge in [0.25, 0.3) is 5.91 Å². The van der Waals surface area contributed by atoms with Gasteiger partial charge in [-0.05, 0) is 55.4 Å². The highest BCUT2D eigenvalue weighted by molar-refractivity contribution is 6.00. The molecule has 2 saturated heterocycles. The molecule has 2 heterocycles. The van der Waals surface area contributed by atoms with Crippen molar-refractivity contribution in [3.05, 3.63) is 29.3 Å². The Morgan fingerprint density at radius 2 is 1.77 bits per heavy atom. The second-order valence-corrected chi connectivity index (χ2v) is 8.38. The normalized spacial score (nSPS) is 21.4. The molecule has 0 radical (unpaired) electrons. The molecule has 0 bridgehead atoms. The lowest BCUT2D eigenvalue weighted by Gasteiger charge is -2.20. The Kier molecular flexibility index (Phi) is 6.01. The quantitative estimate of drug-likeness (QED) is 0.723. The number of likely N-dealkylation sites (tertiary alicyclic amines) is 1. The van der Waals surface area contributed by atoms with E-state index in [9.17, 15) is 19.2 Å². The molecule has 2 N–H and O–H groups in total. The SMILES string of the molecule is O=C(CN1CCCCCC1=O)NNC(=O)[C@@H]1CC(=O)N(c2ccc3c(c2)CCC3)C1. The Labute approximate surface area is 175 Å². The summed E-state index contributed by atoms with van der Waals surface area (Å²) in [6, 6.07) is 6.07. The van der Waals surface area contributed by atoms with Gasteiger partial charge < -0.3 is 9.80 Å². The van der Waals surface area contributed by atoms with Gasteiger partial charge in [0, 0.05) is 31.6 Å². The van der Waals surface area contributed by atoms with Gasteiger partial charge in [-0.1, -0.05) is 12.5 Å². The highest BCUT2D eigenvalue weighted by Crippen LogP contribution is 2.30. The van der Waals surface area contributed by atoms with Crippen molar-refractivity contribution in [2.24, 2.45) is 5.92 Å². The number of fused-ring (bicyclic) bond motifs is 1. The second kappa shape index (κ2) is 8.85. The fourth-order valence-electron chi connectivity index (χ4n) is 4.51. The molecule has 1 aliphatic carbocycles. The van der Waals surface area contributed by atoms with Crippen molar-refractivity contribution in [3.8, 4) is 0 Å². The number of amides is 4. The first-order valence-corrected chi connectivity index (χ1v) is 10.8. The van der Waals surface area contributed by atoms with Crippen LogP contribution in [0.4, 0.5) is 5.69 Å². The first kappa shape index (κ1) is 20.4. The topological polar surface area (TPSA) is 98.8 Å². The number of nitrogens with one attached hydrogen (secondary N) is 2. The van der Waals surface area contributed by atoms with Gasteiger partial charge in [0.15, 0.2) is 0 Å². The predicted octanol–water partition coefficient (Wildman–Crippen LogP) is 1.08. The summed E-state index contributed by atoms with van der Waals surface area (Å²) in [4.78, 5) is 52.3. The van der Waals surface area contributed by atoms with E-state index in [2.05, 4.69) is 23.0 Å². The van der Waals surface area contributed by atoms with E-state index in [1.54, 1.807) is 4.90 Å². The average Bonchev–Trinajstić information content (AvgIpc) is 3.31. The highest BCUT2D eigenvalue weighted by Gasteiger charge is 2.35. The lowest BCUT2D eigenvalue weighted by atomic mass is 10.1. The molecule has 30 heavy (non-hydrogen) atoms. The number of benzene rings is 1. The van der Waals surface area contributed by atoms with Gasteiger partial charge in [0.1, 0.15) is 6.54 Å².